The maximum Gasteiger partial charge on any atom is 0.249 e. The summed E-state index contributed by atoms with van der Waals surface area (Å²) in [5.74, 6) is 1.13. The van der Waals surface area contributed by atoms with Crippen LogP contribution in [0.4, 0.5) is 0 Å². The van der Waals surface area contributed by atoms with Gasteiger partial charge in [-0.1, -0.05) is 12.2 Å². The normalized spacial score (nSPS) is 32.9. The van der Waals surface area contributed by atoms with Crippen molar-refractivity contribution in [3.63, 3.8) is 0 Å². The van der Waals surface area contributed by atoms with Gasteiger partial charge in [-0.15, -0.1) is 0 Å². The van der Waals surface area contributed by atoms with Crippen molar-refractivity contribution in [1.29, 1.82) is 0 Å². The smallest absolute Gasteiger partial charge is 0.249 e. The Morgan fingerprint density at radius 1 is 1.53 bits per heavy atom. The molecule has 82 valence electrons. The van der Waals surface area contributed by atoms with E-state index in [-0.39, 0.29) is 11.9 Å². The van der Waals surface area contributed by atoms with Crippen LogP contribution in [-0.2, 0) is 4.79 Å². The number of carbonyl (C=O) groups is 1. The van der Waals surface area contributed by atoms with E-state index in [1.54, 1.807) is 0 Å². The molecule has 1 heterocycles. The summed E-state index contributed by atoms with van der Waals surface area (Å²) in [4.78, 5) is 15.9. The molecule has 0 aromatic carbocycles. The van der Waals surface area contributed by atoms with Gasteiger partial charge in [0.25, 0.3) is 0 Å². The van der Waals surface area contributed by atoms with E-state index in [0.717, 1.165) is 19.3 Å². The lowest BCUT2D eigenvalue weighted by Crippen LogP contribution is -2.37. The molecule has 0 aromatic rings. The number of amides is 1. The Hall–Kier alpha value is -1.32. The highest BCUT2D eigenvalue weighted by Crippen LogP contribution is 2.23. The van der Waals surface area contributed by atoms with Crippen molar-refractivity contribution in [2.45, 2.75) is 32.2 Å². The average Bonchev–Trinajstić information content (AvgIpc) is 2.61. The van der Waals surface area contributed by atoms with E-state index in [0.29, 0.717) is 18.4 Å². The number of allylic oxidation sites excluding steroid dienone is 2. The maximum absolute atomic E-state index is 11.7. The minimum Gasteiger partial charge on any atom is -0.344 e. The molecule has 0 aromatic heterocycles. The van der Waals surface area contributed by atoms with Crippen molar-refractivity contribution in [3.8, 4) is 0 Å². The van der Waals surface area contributed by atoms with Gasteiger partial charge in [0, 0.05) is 6.54 Å². The second-order valence-corrected chi connectivity index (χ2v) is 3.98. The van der Waals surface area contributed by atoms with Crippen LogP contribution < -0.4 is 10.6 Å². The van der Waals surface area contributed by atoms with Crippen molar-refractivity contribution in [1.82, 2.24) is 10.6 Å². The molecule has 0 saturated carbocycles. The maximum atomic E-state index is 11.7. The predicted octanol–water partition coefficient (Wildman–Crippen LogP) is 0.807. The Kier molecular flexibility index (Phi) is 3.04. The zero-order valence-corrected chi connectivity index (χ0v) is 8.99. The lowest BCUT2D eigenvalue weighted by atomic mass is 9.88. The molecule has 4 nitrogen and oxygen atoms in total. The highest BCUT2D eigenvalue weighted by Gasteiger charge is 2.34. The zero-order chi connectivity index (χ0) is 10.7. The first-order valence-electron chi connectivity index (χ1n) is 5.58. The largest absolute Gasteiger partial charge is 0.344 e. The third kappa shape index (κ3) is 2.19. The number of carbonyl (C=O) groups excluding carboxylic acids is 1. The van der Waals surface area contributed by atoms with E-state index in [1.807, 2.05) is 6.92 Å². The SMILES string of the molecule is CCN=C1NC(=O)C(C2CC=CCC2)N1. The average molecular weight is 207 g/mol. The van der Waals surface area contributed by atoms with Crippen LogP contribution in [0, 0.1) is 5.92 Å². The van der Waals surface area contributed by atoms with Gasteiger partial charge in [-0.25, -0.2) is 0 Å². The van der Waals surface area contributed by atoms with Gasteiger partial charge in [0.2, 0.25) is 5.91 Å². The zero-order valence-electron chi connectivity index (χ0n) is 8.99. The standard InChI is InChI=1S/C11H17N3O/c1-2-12-11-13-9(10(15)14-11)8-6-4-3-5-7-8/h3-4,8-9H,2,5-7H2,1H3,(H2,12,13,14,15). The fourth-order valence-corrected chi connectivity index (χ4v) is 2.14. The molecule has 2 atom stereocenters. The fourth-order valence-electron chi connectivity index (χ4n) is 2.14. The van der Waals surface area contributed by atoms with Crippen LogP contribution in [0.25, 0.3) is 0 Å². The molecule has 0 radical (unpaired) electrons. The monoisotopic (exact) mass is 207 g/mol. The number of rotatable bonds is 2. The summed E-state index contributed by atoms with van der Waals surface area (Å²) in [6, 6.07) is -0.0831. The van der Waals surface area contributed by atoms with E-state index >= 15 is 0 Å². The quantitative estimate of drug-likeness (QED) is 0.658. The lowest BCUT2D eigenvalue weighted by Gasteiger charge is -2.22. The van der Waals surface area contributed by atoms with Gasteiger partial charge in [0.1, 0.15) is 6.04 Å². The molecule has 0 spiro atoms. The first kappa shape index (κ1) is 10.2. The number of hydrogen-bond donors (Lipinski definition) is 2. The molecule has 2 unspecified atom stereocenters. The predicted molar refractivity (Wildman–Crippen MR) is 59.5 cm³/mol. The van der Waals surface area contributed by atoms with Crippen LogP contribution in [0.2, 0.25) is 0 Å². The van der Waals surface area contributed by atoms with E-state index in [9.17, 15) is 4.79 Å². The summed E-state index contributed by atoms with van der Waals surface area (Å²) >= 11 is 0. The molecule has 2 aliphatic rings. The molecule has 1 aliphatic carbocycles. The molecule has 1 amide bonds. The van der Waals surface area contributed by atoms with Crippen molar-refractivity contribution in [3.05, 3.63) is 12.2 Å². The third-order valence-electron chi connectivity index (χ3n) is 2.91. The molecule has 2 N–H and O–H groups in total. The highest BCUT2D eigenvalue weighted by atomic mass is 16.2. The molecule has 0 bridgehead atoms. The van der Waals surface area contributed by atoms with Crippen LogP contribution in [0.5, 0.6) is 0 Å². The second kappa shape index (κ2) is 4.47. The molecule has 2 rings (SSSR count). The molecule has 4 heteroatoms. The number of guanidine groups is 1. The minimum absolute atomic E-state index is 0.0718. The fraction of sp³-hybridized carbons (Fsp3) is 0.636. The summed E-state index contributed by atoms with van der Waals surface area (Å²) in [7, 11) is 0. The van der Waals surface area contributed by atoms with E-state index in [4.69, 9.17) is 0 Å². The van der Waals surface area contributed by atoms with E-state index < -0.39 is 0 Å². The first-order valence-corrected chi connectivity index (χ1v) is 5.58. The Bertz CT molecular complexity index is 309. The second-order valence-electron chi connectivity index (χ2n) is 3.98. The van der Waals surface area contributed by atoms with E-state index in [1.165, 1.54) is 0 Å². The molecule has 15 heavy (non-hydrogen) atoms. The summed E-state index contributed by atoms with van der Waals surface area (Å²) in [6.45, 7) is 2.65. The topological polar surface area (TPSA) is 53.5 Å². The van der Waals surface area contributed by atoms with E-state index in [2.05, 4.69) is 27.8 Å². The van der Waals surface area contributed by atoms with Crippen molar-refractivity contribution >= 4 is 11.9 Å². The Morgan fingerprint density at radius 3 is 3.07 bits per heavy atom. The lowest BCUT2D eigenvalue weighted by molar-refractivity contribution is -0.121. The van der Waals surface area contributed by atoms with Gasteiger partial charge in [-0.2, -0.15) is 0 Å². The van der Waals surface area contributed by atoms with Crippen LogP contribution >= 0.6 is 0 Å². The van der Waals surface area contributed by atoms with Crippen LogP contribution in [-0.4, -0.2) is 24.5 Å². The van der Waals surface area contributed by atoms with Gasteiger partial charge >= 0.3 is 0 Å². The first-order chi connectivity index (χ1) is 7.31. The number of nitrogens with one attached hydrogen (secondary N) is 2. The van der Waals surface area contributed by atoms with Gasteiger partial charge < -0.3 is 5.32 Å². The Morgan fingerprint density at radius 2 is 2.40 bits per heavy atom. The van der Waals surface area contributed by atoms with Gasteiger partial charge in [-0.05, 0) is 32.1 Å². The molecule has 1 aliphatic heterocycles. The van der Waals surface area contributed by atoms with Gasteiger partial charge in [0.05, 0.1) is 0 Å². The summed E-state index contributed by atoms with van der Waals surface area (Å²) in [5, 5.41) is 5.94. The van der Waals surface area contributed by atoms with Crippen molar-refractivity contribution < 1.29 is 4.79 Å². The molecule has 1 fully saturated rings. The highest BCUT2D eigenvalue weighted by molar-refractivity contribution is 6.06. The Labute approximate surface area is 89.8 Å². The van der Waals surface area contributed by atoms with Crippen LogP contribution in [0.3, 0.4) is 0 Å². The van der Waals surface area contributed by atoms with Crippen LogP contribution in [0.1, 0.15) is 26.2 Å². The number of aliphatic imine (C=N–C) groups is 1. The minimum atomic E-state index is -0.0831. The molecular weight excluding hydrogens is 190 g/mol. The number of nitrogens with zero attached hydrogens (tertiary/aromatic N) is 1. The van der Waals surface area contributed by atoms with Crippen molar-refractivity contribution in [2.24, 2.45) is 10.9 Å². The summed E-state index contributed by atoms with van der Waals surface area (Å²) in [6.07, 6.45) is 7.50. The van der Waals surface area contributed by atoms with Gasteiger partial charge in [0.15, 0.2) is 5.96 Å². The summed E-state index contributed by atoms with van der Waals surface area (Å²) in [5.41, 5.74) is 0. The third-order valence-corrected chi connectivity index (χ3v) is 2.91. The van der Waals surface area contributed by atoms with Gasteiger partial charge in [-0.3, -0.25) is 15.1 Å². The van der Waals surface area contributed by atoms with Crippen molar-refractivity contribution in [2.75, 3.05) is 6.54 Å². The van der Waals surface area contributed by atoms with Crippen LogP contribution in [0.15, 0.2) is 17.1 Å². The molecule has 1 saturated heterocycles. The Balaban J connectivity index is 2.01. The molecular formula is C11H17N3O. The summed E-state index contributed by atoms with van der Waals surface area (Å²) < 4.78 is 0. The number of hydrogen-bond acceptors (Lipinski definition) is 2.